The van der Waals surface area contributed by atoms with Crippen molar-refractivity contribution in [3.05, 3.63) is 87.2 Å². The van der Waals surface area contributed by atoms with Crippen molar-refractivity contribution >= 4 is 80.8 Å². The molecule has 0 aromatic heterocycles. The first-order valence-corrected chi connectivity index (χ1v) is 12.8. The Labute approximate surface area is 228 Å². The van der Waals surface area contributed by atoms with E-state index in [4.69, 9.17) is 44.9 Å². The Balaban J connectivity index is 1.36. The molecule has 0 atom stereocenters. The summed E-state index contributed by atoms with van der Waals surface area (Å²) in [5.41, 5.74) is 1.89. The molecule has 1 heterocycles. The molecular formula is C26H20Cl2N2O4S2. The third-order valence-corrected chi connectivity index (χ3v) is 7.09. The highest BCUT2D eigenvalue weighted by Gasteiger charge is 2.33. The second-order valence-electron chi connectivity index (χ2n) is 7.45. The molecule has 0 unspecified atom stereocenters. The number of carbonyl (C=O) groups excluding carboxylic acids is 2. The number of anilines is 2. The third-order valence-electron chi connectivity index (χ3n) is 4.97. The van der Waals surface area contributed by atoms with Gasteiger partial charge in [-0.05, 0) is 67.1 Å². The van der Waals surface area contributed by atoms with Crippen molar-refractivity contribution in [3.8, 4) is 11.5 Å². The Morgan fingerprint density at radius 2 is 1.69 bits per heavy atom. The average molecular weight is 559 g/mol. The van der Waals surface area contributed by atoms with Gasteiger partial charge in [0.05, 0.1) is 32.9 Å². The predicted octanol–water partition coefficient (Wildman–Crippen LogP) is 6.82. The molecule has 1 aliphatic heterocycles. The van der Waals surface area contributed by atoms with Crippen molar-refractivity contribution in [2.24, 2.45) is 0 Å². The first kappa shape index (κ1) is 26.0. The quantitative estimate of drug-likeness (QED) is 0.242. The van der Waals surface area contributed by atoms with Crippen LogP contribution in [0.1, 0.15) is 12.5 Å². The zero-order valence-electron chi connectivity index (χ0n) is 19.0. The van der Waals surface area contributed by atoms with Gasteiger partial charge in [-0.2, -0.15) is 0 Å². The topological polar surface area (TPSA) is 67.9 Å². The molecule has 0 radical (unpaired) electrons. The van der Waals surface area contributed by atoms with E-state index >= 15 is 0 Å². The number of amides is 2. The molecule has 6 nitrogen and oxygen atoms in total. The standard InChI is InChI=1S/C26H20Cl2N2O4S2/c1-2-33-18-12-8-17(9-13-18)30-25(32)22(36-26(30)35)14-16-6-10-19(11-7-16)34-15-23(31)29-21-5-3-4-20(27)24(21)28/h3-14H,2,15H2,1H3,(H,29,31)/b22-14-. The van der Waals surface area contributed by atoms with Gasteiger partial charge in [0.1, 0.15) is 11.5 Å². The summed E-state index contributed by atoms with van der Waals surface area (Å²) in [5.74, 6) is 0.670. The lowest BCUT2D eigenvalue weighted by Crippen LogP contribution is -2.27. The summed E-state index contributed by atoms with van der Waals surface area (Å²) in [6.07, 6.45) is 1.77. The molecular weight excluding hydrogens is 539 g/mol. The van der Waals surface area contributed by atoms with E-state index in [0.717, 1.165) is 11.3 Å². The second kappa shape index (κ2) is 11.8. The van der Waals surface area contributed by atoms with Crippen LogP contribution in [0.5, 0.6) is 11.5 Å². The second-order valence-corrected chi connectivity index (χ2v) is 9.91. The predicted molar refractivity (Wildman–Crippen MR) is 150 cm³/mol. The fourth-order valence-electron chi connectivity index (χ4n) is 3.30. The number of thiocarbonyl (C=S) groups is 1. The zero-order valence-corrected chi connectivity index (χ0v) is 22.1. The van der Waals surface area contributed by atoms with Crippen LogP contribution in [0, 0.1) is 0 Å². The van der Waals surface area contributed by atoms with Crippen LogP contribution >= 0.6 is 47.2 Å². The molecule has 36 heavy (non-hydrogen) atoms. The van der Waals surface area contributed by atoms with Gasteiger partial charge < -0.3 is 14.8 Å². The minimum atomic E-state index is -0.374. The van der Waals surface area contributed by atoms with Crippen LogP contribution in [0.4, 0.5) is 11.4 Å². The highest BCUT2D eigenvalue weighted by molar-refractivity contribution is 8.27. The Kier molecular flexibility index (Phi) is 8.53. The van der Waals surface area contributed by atoms with Gasteiger partial charge in [0.2, 0.25) is 0 Å². The number of thioether (sulfide) groups is 1. The van der Waals surface area contributed by atoms with Crippen LogP contribution < -0.4 is 19.7 Å². The maximum Gasteiger partial charge on any atom is 0.270 e. The number of halogens is 2. The summed E-state index contributed by atoms with van der Waals surface area (Å²) in [4.78, 5) is 27.2. The number of nitrogens with zero attached hydrogens (tertiary/aromatic N) is 1. The van der Waals surface area contributed by atoms with Gasteiger partial charge in [0.15, 0.2) is 10.9 Å². The van der Waals surface area contributed by atoms with Gasteiger partial charge in [-0.15, -0.1) is 0 Å². The molecule has 3 aromatic carbocycles. The highest BCUT2D eigenvalue weighted by atomic mass is 35.5. The van der Waals surface area contributed by atoms with Gasteiger partial charge >= 0.3 is 0 Å². The summed E-state index contributed by atoms with van der Waals surface area (Å²) >= 11 is 18.7. The van der Waals surface area contributed by atoms with Gasteiger partial charge in [0.25, 0.3) is 11.8 Å². The first-order chi connectivity index (χ1) is 17.4. The summed E-state index contributed by atoms with van der Waals surface area (Å²) in [6, 6.07) is 19.2. The Morgan fingerprint density at radius 3 is 2.39 bits per heavy atom. The fraction of sp³-hybridized carbons (Fsp3) is 0.115. The molecule has 1 N–H and O–H groups in total. The van der Waals surface area contributed by atoms with E-state index in [2.05, 4.69) is 5.32 Å². The minimum Gasteiger partial charge on any atom is -0.494 e. The first-order valence-electron chi connectivity index (χ1n) is 10.8. The van der Waals surface area contributed by atoms with E-state index < -0.39 is 0 Å². The maximum atomic E-state index is 13.0. The van der Waals surface area contributed by atoms with Gasteiger partial charge in [-0.3, -0.25) is 14.5 Å². The maximum absolute atomic E-state index is 13.0. The average Bonchev–Trinajstić information content (AvgIpc) is 3.15. The van der Waals surface area contributed by atoms with Crippen LogP contribution in [-0.4, -0.2) is 29.3 Å². The molecule has 4 rings (SSSR count). The lowest BCUT2D eigenvalue weighted by molar-refractivity contribution is -0.118. The van der Waals surface area contributed by atoms with Gasteiger partial charge in [-0.1, -0.05) is 65.4 Å². The Morgan fingerprint density at radius 1 is 1.03 bits per heavy atom. The summed E-state index contributed by atoms with van der Waals surface area (Å²) in [6.45, 7) is 2.27. The third kappa shape index (κ3) is 6.20. The van der Waals surface area contributed by atoms with Gasteiger partial charge in [0, 0.05) is 0 Å². The molecule has 0 bridgehead atoms. The van der Waals surface area contributed by atoms with Crippen LogP contribution in [0.25, 0.3) is 6.08 Å². The minimum absolute atomic E-state index is 0.189. The van der Waals surface area contributed by atoms with Crippen LogP contribution in [0.15, 0.2) is 71.6 Å². The molecule has 2 amide bonds. The lowest BCUT2D eigenvalue weighted by atomic mass is 10.2. The van der Waals surface area contributed by atoms with E-state index in [1.807, 2.05) is 19.1 Å². The van der Waals surface area contributed by atoms with Crippen molar-refractivity contribution in [1.82, 2.24) is 0 Å². The van der Waals surface area contributed by atoms with E-state index in [0.29, 0.717) is 38.0 Å². The molecule has 1 aliphatic rings. The smallest absolute Gasteiger partial charge is 0.270 e. The molecule has 184 valence electrons. The number of nitrogens with one attached hydrogen (secondary N) is 1. The summed E-state index contributed by atoms with van der Waals surface area (Å²) in [7, 11) is 0. The number of rotatable bonds is 8. The molecule has 0 spiro atoms. The van der Waals surface area contributed by atoms with E-state index in [-0.39, 0.29) is 23.4 Å². The number of benzene rings is 3. The fourth-order valence-corrected chi connectivity index (χ4v) is 4.94. The van der Waals surface area contributed by atoms with Gasteiger partial charge in [-0.25, -0.2) is 0 Å². The summed E-state index contributed by atoms with van der Waals surface area (Å²) < 4.78 is 11.5. The van der Waals surface area contributed by atoms with Crippen molar-refractivity contribution in [2.45, 2.75) is 6.92 Å². The largest absolute Gasteiger partial charge is 0.494 e. The summed E-state index contributed by atoms with van der Waals surface area (Å²) in [5, 5.41) is 3.28. The van der Waals surface area contributed by atoms with Crippen molar-refractivity contribution in [2.75, 3.05) is 23.4 Å². The molecule has 1 fully saturated rings. The van der Waals surface area contributed by atoms with Crippen LogP contribution in [0.2, 0.25) is 10.0 Å². The number of hydrogen-bond acceptors (Lipinski definition) is 6. The van der Waals surface area contributed by atoms with E-state index in [1.54, 1.807) is 60.7 Å². The molecule has 3 aromatic rings. The number of carbonyl (C=O) groups is 2. The highest BCUT2D eigenvalue weighted by Crippen LogP contribution is 2.36. The van der Waals surface area contributed by atoms with Crippen molar-refractivity contribution < 1.29 is 19.1 Å². The SMILES string of the molecule is CCOc1ccc(N2C(=O)/C(=C/c3ccc(OCC(=O)Nc4cccc(Cl)c4Cl)cc3)SC2=S)cc1. The molecule has 1 saturated heterocycles. The van der Waals surface area contributed by atoms with Crippen LogP contribution in [-0.2, 0) is 9.59 Å². The molecule has 10 heteroatoms. The van der Waals surface area contributed by atoms with Crippen molar-refractivity contribution in [1.29, 1.82) is 0 Å². The molecule has 0 aliphatic carbocycles. The number of hydrogen-bond donors (Lipinski definition) is 1. The number of ether oxygens (including phenoxy) is 2. The van der Waals surface area contributed by atoms with Crippen molar-refractivity contribution in [3.63, 3.8) is 0 Å². The zero-order chi connectivity index (χ0) is 25.7. The Hall–Kier alpha value is -3.04. The van der Waals surface area contributed by atoms with Crippen LogP contribution in [0.3, 0.4) is 0 Å². The van der Waals surface area contributed by atoms with E-state index in [9.17, 15) is 9.59 Å². The normalized spacial score (nSPS) is 14.3. The monoisotopic (exact) mass is 558 g/mol. The lowest BCUT2D eigenvalue weighted by Gasteiger charge is -2.15. The molecule has 0 saturated carbocycles. The Bertz CT molecular complexity index is 1330. The van der Waals surface area contributed by atoms with E-state index in [1.165, 1.54) is 16.7 Å².